The van der Waals surface area contributed by atoms with Crippen LogP contribution in [0.4, 0.5) is 4.79 Å². The number of aryl methyl sites for hydroxylation is 1. The Bertz CT molecular complexity index is 432. The highest BCUT2D eigenvalue weighted by atomic mass is 16.4. The van der Waals surface area contributed by atoms with E-state index in [1.54, 1.807) is 18.5 Å². The maximum atomic E-state index is 11.5. The minimum atomic E-state index is -1.34. The Kier molecular flexibility index (Phi) is 4.60. The standard InChI is InChI=1S/C9H15N5O4/c1-5(7-13-10-4-14(7)2)11-9(18)12-6(3-15)8(16)17/h4-6,15H,3H2,1-2H3,(H,16,17)(H2,11,12,18)/t5?,6-/m1/s1. The molecular formula is C9H15N5O4. The minimum Gasteiger partial charge on any atom is -0.480 e. The van der Waals surface area contributed by atoms with Crippen LogP contribution in [0, 0.1) is 0 Å². The van der Waals surface area contributed by atoms with Gasteiger partial charge in [-0.15, -0.1) is 10.2 Å². The maximum absolute atomic E-state index is 11.5. The molecule has 100 valence electrons. The predicted octanol–water partition coefficient (Wildman–Crippen LogP) is -1.38. The Hall–Kier alpha value is -2.16. The number of urea groups is 1. The summed E-state index contributed by atoms with van der Waals surface area (Å²) in [5.41, 5.74) is 0. The number of amides is 2. The Labute approximate surface area is 103 Å². The van der Waals surface area contributed by atoms with E-state index in [4.69, 9.17) is 10.2 Å². The van der Waals surface area contributed by atoms with Crippen LogP contribution < -0.4 is 10.6 Å². The van der Waals surface area contributed by atoms with Gasteiger partial charge in [-0.2, -0.15) is 0 Å². The smallest absolute Gasteiger partial charge is 0.328 e. The largest absolute Gasteiger partial charge is 0.480 e. The monoisotopic (exact) mass is 257 g/mol. The van der Waals surface area contributed by atoms with Crippen LogP contribution in [-0.4, -0.2) is 49.6 Å². The Morgan fingerprint density at radius 1 is 1.50 bits per heavy atom. The molecule has 0 aromatic carbocycles. The predicted molar refractivity (Wildman–Crippen MR) is 59.6 cm³/mol. The van der Waals surface area contributed by atoms with Gasteiger partial charge in [-0.3, -0.25) is 0 Å². The summed E-state index contributed by atoms with van der Waals surface area (Å²) < 4.78 is 1.63. The van der Waals surface area contributed by atoms with Gasteiger partial charge in [0.2, 0.25) is 0 Å². The van der Waals surface area contributed by atoms with Crippen LogP contribution >= 0.6 is 0 Å². The van der Waals surface area contributed by atoms with Gasteiger partial charge in [0, 0.05) is 7.05 Å². The fourth-order valence-corrected chi connectivity index (χ4v) is 1.33. The van der Waals surface area contributed by atoms with Crippen molar-refractivity contribution in [2.45, 2.75) is 19.0 Å². The van der Waals surface area contributed by atoms with Gasteiger partial charge in [0.1, 0.15) is 6.33 Å². The molecule has 0 saturated heterocycles. The van der Waals surface area contributed by atoms with Crippen molar-refractivity contribution in [3.8, 4) is 0 Å². The van der Waals surface area contributed by atoms with Gasteiger partial charge in [-0.1, -0.05) is 0 Å². The van der Waals surface area contributed by atoms with Gasteiger partial charge < -0.3 is 25.4 Å². The third kappa shape index (κ3) is 3.42. The molecule has 1 heterocycles. The van der Waals surface area contributed by atoms with E-state index in [1.165, 1.54) is 6.33 Å². The highest BCUT2D eigenvalue weighted by Crippen LogP contribution is 2.06. The highest BCUT2D eigenvalue weighted by molar-refractivity contribution is 5.82. The Morgan fingerprint density at radius 3 is 2.61 bits per heavy atom. The van der Waals surface area contributed by atoms with E-state index in [0.717, 1.165) is 0 Å². The number of aliphatic hydroxyl groups excluding tert-OH is 1. The summed E-state index contributed by atoms with van der Waals surface area (Å²) >= 11 is 0. The topological polar surface area (TPSA) is 129 Å². The average molecular weight is 257 g/mol. The molecule has 0 fully saturated rings. The van der Waals surface area contributed by atoms with Crippen LogP contribution in [0.5, 0.6) is 0 Å². The first kappa shape index (κ1) is 13.9. The van der Waals surface area contributed by atoms with E-state index in [0.29, 0.717) is 5.82 Å². The fraction of sp³-hybridized carbons (Fsp3) is 0.556. The van der Waals surface area contributed by atoms with E-state index in [-0.39, 0.29) is 0 Å². The number of carboxylic acid groups (broad SMARTS) is 1. The molecule has 0 spiro atoms. The molecular weight excluding hydrogens is 242 g/mol. The summed E-state index contributed by atoms with van der Waals surface area (Å²) in [5.74, 6) is -0.778. The number of carboxylic acids is 1. The lowest BCUT2D eigenvalue weighted by molar-refractivity contribution is -0.140. The molecule has 18 heavy (non-hydrogen) atoms. The highest BCUT2D eigenvalue weighted by Gasteiger charge is 2.20. The number of hydrogen-bond acceptors (Lipinski definition) is 5. The molecule has 0 aliphatic carbocycles. The quantitative estimate of drug-likeness (QED) is 0.514. The second-order valence-electron chi connectivity index (χ2n) is 3.71. The number of carbonyl (C=O) groups excluding carboxylic acids is 1. The van der Waals surface area contributed by atoms with Crippen LogP contribution in [-0.2, 0) is 11.8 Å². The lowest BCUT2D eigenvalue weighted by atomic mass is 10.3. The van der Waals surface area contributed by atoms with Crippen LogP contribution in [0.1, 0.15) is 18.8 Å². The van der Waals surface area contributed by atoms with Crippen LogP contribution in [0.2, 0.25) is 0 Å². The van der Waals surface area contributed by atoms with E-state index >= 15 is 0 Å². The van der Waals surface area contributed by atoms with E-state index < -0.39 is 30.7 Å². The summed E-state index contributed by atoms with van der Waals surface area (Å²) in [7, 11) is 1.72. The molecule has 0 aliphatic heterocycles. The zero-order valence-electron chi connectivity index (χ0n) is 9.99. The van der Waals surface area contributed by atoms with Crippen molar-refractivity contribution in [3.63, 3.8) is 0 Å². The lowest BCUT2D eigenvalue weighted by Crippen LogP contribution is -2.48. The van der Waals surface area contributed by atoms with Crippen molar-refractivity contribution in [2.24, 2.45) is 7.05 Å². The Balaban J connectivity index is 2.55. The molecule has 1 rings (SSSR count). The van der Waals surface area contributed by atoms with Crippen molar-refractivity contribution in [2.75, 3.05) is 6.61 Å². The van der Waals surface area contributed by atoms with Gasteiger partial charge >= 0.3 is 12.0 Å². The van der Waals surface area contributed by atoms with Crippen molar-refractivity contribution in [1.29, 1.82) is 0 Å². The molecule has 0 saturated carbocycles. The Morgan fingerprint density at radius 2 is 2.17 bits per heavy atom. The zero-order chi connectivity index (χ0) is 13.7. The van der Waals surface area contributed by atoms with Gasteiger partial charge in [0.05, 0.1) is 12.6 Å². The number of aromatic nitrogens is 3. The number of rotatable bonds is 5. The number of nitrogens with zero attached hydrogens (tertiary/aromatic N) is 3. The van der Waals surface area contributed by atoms with Crippen LogP contribution in [0.25, 0.3) is 0 Å². The average Bonchev–Trinajstić information content (AvgIpc) is 2.71. The van der Waals surface area contributed by atoms with Crippen LogP contribution in [0.15, 0.2) is 6.33 Å². The fourth-order valence-electron chi connectivity index (χ4n) is 1.33. The third-order valence-electron chi connectivity index (χ3n) is 2.27. The maximum Gasteiger partial charge on any atom is 0.328 e. The molecule has 0 bridgehead atoms. The molecule has 9 heteroatoms. The third-order valence-corrected chi connectivity index (χ3v) is 2.27. The zero-order valence-corrected chi connectivity index (χ0v) is 9.99. The molecule has 2 atom stereocenters. The van der Waals surface area contributed by atoms with E-state index in [1.807, 2.05) is 0 Å². The van der Waals surface area contributed by atoms with Gasteiger partial charge in [0.15, 0.2) is 11.9 Å². The molecule has 0 radical (unpaired) electrons. The van der Waals surface area contributed by atoms with Crippen LogP contribution in [0.3, 0.4) is 0 Å². The minimum absolute atomic E-state index is 0.439. The number of aliphatic hydroxyl groups is 1. The molecule has 4 N–H and O–H groups in total. The SMILES string of the molecule is CC(NC(=O)N[C@H](CO)C(=O)O)c1nncn1C. The first-order valence-electron chi connectivity index (χ1n) is 5.20. The first-order chi connectivity index (χ1) is 8.45. The summed E-state index contributed by atoms with van der Waals surface area (Å²) in [6.45, 7) is 0.999. The normalized spacial score (nSPS) is 13.7. The summed E-state index contributed by atoms with van der Waals surface area (Å²) in [6, 6.07) is -2.48. The second-order valence-corrected chi connectivity index (χ2v) is 3.71. The molecule has 1 aromatic heterocycles. The molecule has 0 aliphatic rings. The number of hydrogen-bond donors (Lipinski definition) is 4. The molecule has 2 amide bonds. The summed E-state index contributed by atoms with van der Waals surface area (Å²) in [5, 5.41) is 29.5. The van der Waals surface area contributed by atoms with Crippen molar-refractivity contribution in [3.05, 3.63) is 12.2 Å². The number of nitrogens with one attached hydrogen (secondary N) is 2. The van der Waals surface area contributed by atoms with Crippen molar-refractivity contribution >= 4 is 12.0 Å². The number of carbonyl (C=O) groups is 2. The summed E-state index contributed by atoms with van der Waals surface area (Å²) in [6.07, 6.45) is 1.49. The molecule has 1 aromatic rings. The van der Waals surface area contributed by atoms with Crippen molar-refractivity contribution < 1.29 is 19.8 Å². The molecule has 1 unspecified atom stereocenters. The molecule has 9 nitrogen and oxygen atoms in total. The van der Waals surface area contributed by atoms with E-state index in [9.17, 15) is 9.59 Å². The summed E-state index contributed by atoms with van der Waals surface area (Å²) in [4.78, 5) is 22.1. The van der Waals surface area contributed by atoms with Gasteiger partial charge in [-0.25, -0.2) is 9.59 Å². The van der Waals surface area contributed by atoms with Crippen molar-refractivity contribution in [1.82, 2.24) is 25.4 Å². The van der Waals surface area contributed by atoms with Gasteiger partial charge in [-0.05, 0) is 6.92 Å². The van der Waals surface area contributed by atoms with E-state index in [2.05, 4.69) is 20.8 Å². The number of aliphatic carboxylic acids is 1. The lowest BCUT2D eigenvalue weighted by Gasteiger charge is -2.16. The first-order valence-corrected chi connectivity index (χ1v) is 5.20. The second kappa shape index (κ2) is 5.96. The van der Waals surface area contributed by atoms with Gasteiger partial charge in [0.25, 0.3) is 0 Å².